The molecule has 0 atom stereocenters. The zero-order valence-electron chi connectivity index (χ0n) is 7.66. The molecule has 1 aromatic heterocycles. The predicted octanol–water partition coefficient (Wildman–Crippen LogP) is 1.13. The third-order valence-corrected chi connectivity index (χ3v) is 2.67. The first-order valence-corrected chi connectivity index (χ1v) is 4.78. The molecule has 1 fully saturated rings. The van der Waals surface area contributed by atoms with E-state index in [1.165, 1.54) is 18.4 Å². The lowest BCUT2D eigenvalue weighted by Crippen LogP contribution is -2.27. The van der Waals surface area contributed by atoms with Crippen LogP contribution < -0.4 is 11.1 Å². The Hall–Kier alpha value is -1.09. The molecule has 1 aliphatic rings. The van der Waals surface area contributed by atoms with Crippen LogP contribution in [0.4, 0.5) is 5.69 Å². The largest absolute Gasteiger partial charge is 0.398 e. The topological polar surface area (TPSA) is 50.9 Å². The first-order chi connectivity index (χ1) is 6.38. The van der Waals surface area contributed by atoms with Crippen molar-refractivity contribution in [2.24, 2.45) is 0 Å². The number of nitrogens with two attached hydrogens (primary N) is 1. The molecule has 0 radical (unpaired) electrons. The Kier molecular flexibility index (Phi) is 2.45. The number of nitrogen functional groups attached to an aromatic ring is 1. The maximum absolute atomic E-state index is 5.89. The second-order valence-corrected chi connectivity index (χ2v) is 3.53. The summed E-state index contributed by atoms with van der Waals surface area (Å²) < 4.78 is 0. The van der Waals surface area contributed by atoms with Gasteiger partial charge in [0.15, 0.2) is 0 Å². The van der Waals surface area contributed by atoms with E-state index in [1.54, 1.807) is 6.20 Å². The second kappa shape index (κ2) is 3.75. The van der Waals surface area contributed by atoms with Gasteiger partial charge in [-0.05, 0) is 43.5 Å². The summed E-state index contributed by atoms with van der Waals surface area (Å²) in [6.45, 7) is 2.19. The summed E-state index contributed by atoms with van der Waals surface area (Å²) in [4.78, 5) is 4.12. The lowest BCUT2D eigenvalue weighted by atomic mass is 9.90. The molecule has 3 nitrogen and oxygen atoms in total. The average Bonchev–Trinajstić information content (AvgIpc) is 2.20. The van der Waals surface area contributed by atoms with Crippen LogP contribution >= 0.6 is 0 Å². The minimum absolute atomic E-state index is 0.606. The van der Waals surface area contributed by atoms with E-state index in [9.17, 15) is 0 Å². The Morgan fingerprint density at radius 1 is 1.38 bits per heavy atom. The van der Waals surface area contributed by atoms with E-state index in [2.05, 4.69) is 10.3 Å². The molecular weight excluding hydrogens is 162 g/mol. The Bertz CT molecular complexity index is 279. The zero-order chi connectivity index (χ0) is 9.10. The van der Waals surface area contributed by atoms with Gasteiger partial charge in [-0.3, -0.25) is 4.98 Å². The maximum atomic E-state index is 5.89. The second-order valence-electron chi connectivity index (χ2n) is 3.53. The number of aromatic nitrogens is 1. The lowest BCUT2D eigenvalue weighted by molar-refractivity contribution is 0.460. The van der Waals surface area contributed by atoms with Gasteiger partial charge in [-0.25, -0.2) is 0 Å². The van der Waals surface area contributed by atoms with E-state index in [1.807, 2.05) is 12.3 Å². The van der Waals surface area contributed by atoms with Crippen molar-refractivity contribution in [1.29, 1.82) is 0 Å². The van der Waals surface area contributed by atoms with Gasteiger partial charge in [0.2, 0.25) is 0 Å². The number of nitrogens with one attached hydrogen (secondary N) is 1. The molecule has 0 unspecified atom stereocenters. The Balaban J connectivity index is 2.18. The summed E-state index contributed by atoms with van der Waals surface area (Å²) >= 11 is 0. The van der Waals surface area contributed by atoms with Gasteiger partial charge in [-0.15, -0.1) is 0 Å². The highest BCUT2D eigenvalue weighted by molar-refractivity contribution is 5.46. The van der Waals surface area contributed by atoms with Crippen LogP contribution in [0, 0.1) is 0 Å². The molecule has 1 aliphatic heterocycles. The fourth-order valence-electron chi connectivity index (χ4n) is 1.89. The van der Waals surface area contributed by atoms with Gasteiger partial charge in [0.05, 0.1) is 0 Å². The van der Waals surface area contributed by atoms with Crippen LogP contribution in [-0.4, -0.2) is 18.1 Å². The van der Waals surface area contributed by atoms with Crippen molar-refractivity contribution in [2.75, 3.05) is 18.8 Å². The molecule has 0 aliphatic carbocycles. The standard InChI is InChI=1S/C10H15N3/c11-10-3-6-13-7-9(10)8-1-4-12-5-2-8/h3,6-8,12H,1-2,4-5H2,(H2,11,13). The molecule has 1 saturated heterocycles. The van der Waals surface area contributed by atoms with E-state index in [4.69, 9.17) is 5.73 Å². The highest BCUT2D eigenvalue weighted by Gasteiger charge is 2.16. The molecule has 2 rings (SSSR count). The number of piperidine rings is 1. The third-order valence-electron chi connectivity index (χ3n) is 2.67. The molecule has 13 heavy (non-hydrogen) atoms. The molecule has 1 aromatic rings. The molecule has 3 heteroatoms. The SMILES string of the molecule is Nc1ccncc1C1CCNCC1. The number of hydrogen-bond donors (Lipinski definition) is 2. The Morgan fingerprint density at radius 3 is 2.85 bits per heavy atom. The molecule has 0 spiro atoms. The summed E-state index contributed by atoms with van der Waals surface area (Å²) in [5.41, 5.74) is 8.01. The smallest absolute Gasteiger partial charge is 0.0380 e. The number of rotatable bonds is 1. The minimum atomic E-state index is 0.606. The van der Waals surface area contributed by atoms with Crippen LogP contribution in [-0.2, 0) is 0 Å². The molecule has 3 N–H and O–H groups in total. The van der Waals surface area contributed by atoms with Crippen molar-refractivity contribution < 1.29 is 0 Å². The summed E-state index contributed by atoms with van der Waals surface area (Å²) in [6.07, 6.45) is 6.01. The fraction of sp³-hybridized carbons (Fsp3) is 0.500. The van der Waals surface area contributed by atoms with Crippen LogP contribution in [0.1, 0.15) is 24.3 Å². The maximum Gasteiger partial charge on any atom is 0.0380 e. The molecule has 0 aromatic carbocycles. The summed E-state index contributed by atoms with van der Waals surface area (Å²) in [7, 11) is 0. The van der Waals surface area contributed by atoms with Crippen molar-refractivity contribution in [3.05, 3.63) is 24.0 Å². The van der Waals surface area contributed by atoms with Crippen LogP contribution in [0.5, 0.6) is 0 Å². The van der Waals surface area contributed by atoms with E-state index < -0.39 is 0 Å². The van der Waals surface area contributed by atoms with Crippen LogP contribution in [0.15, 0.2) is 18.5 Å². The lowest BCUT2D eigenvalue weighted by Gasteiger charge is -2.23. The summed E-state index contributed by atoms with van der Waals surface area (Å²) in [5.74, 6) is 0.606. The quantitative estimate of drug-likeness (QED) is 0.676. The van der Waals surface area contributed by atoms with Crippen molar-refractivity contribution >= 4 is 5.69 Å². The monoisotopic (exact) mass is 177 g/mol. The fourth-order valence-corrected chi connectivity index (χ4v) is 1.89. The molecule has 0 bridgehead atoms. The zero-order valence-corrected chi connectivity index (χ0v) is 7.66. The van der Waals surface area contributed by atoms with Gasteiger partial charge in [0, 0.05) is 18.1 Å². The molecular formula is C10H15N3. The number of pyridine rings is 1. The highest BCUT2D eigenvalue weighted by Crippen LogP contribution is 2.28. The third kappa shape index (κ3) is 1.80. The number of nitrogens with zero attached hydrogens (tertiary/aromatic N) is 1. The molecule has 70 valence electrons. The van der Waals surface area contributed by atoms with Crippen molar-refractivity contribution in [2.45, 2.75) is 18.8 Å². The van der Waals surface area contributed by atoms with Gasteiger partial charge in [0.1, 0.15) is 0 Å². The summed E-state index contributed by atoms with van der Waals surface area (Å²) in [6, 6.07) is 1.89. The predicted molar refractivity (Wildman–Crippen MR) is 53.5 cm³/mol. The van der Waals surface area contributed by atoms with Crippen molar-refractivity contribution in [1.82, 2.24) is 10.3 Å². The number of hydrogen-bond acceptors (Lipinski definition) is 3. The van der Waals surface area contributed by atoms with Gasteiger partial charge >= 0.3 is 0 Å². The van der Waals surface area contributed by atoms with Gasteiger partial charge < -0.3 is 11.1 Å². The van der Waals surface area contributed by atoms with Crippen LogP contribution in [0.3, 0.4) is 0 Å². The van der Waals surface area contributed by atoms with Crippen LogP contribution in [0.25, 0.3) is 0 Å². The van der Waals surface area contributed by atoms with Gasteiger partial charge in [-0.2, -0.15) is 0 Å². The van der Waals surface area contributed by atoms with E-state index in [0.717, 1.165) is 18.8 Å². The van der Waals surface area contributed by atoms with Crippen molar-refractivity contribution in [3.63, 3.8) is 0 Å². The van der Waals surface area contributed by atoms with E-state index >= 15 is 0 Å². The number of anilines is 1. The Morgan fingerprint density at radius 2 is 2.15 bits per heavy atom. The average molecular weight is 177 g/mol. The normalized spacial score (nSPS) is 18.8. The van der Waals surface area contributed by atoms with E-state index in [-0.39, 0.29) is 0 Å². The van der Waals surface area contributed by atoms with E-state index in [0.29, 0.717) is 5.92 Å². The van der Waals surface area contributed by atoms with Crippen molar-refractivity contribution in [3.8, 4) is 0 Å². The molecule has 2 heterocycles. The highest BCUT2D eigenvalue weighted by atomic mass is 14.9. The molecule has 0 amide bonds. The Labute approximate surface area is 78.4 Å². The molecule has 0 saturated carbocycles. The minimum Gasteiger partial charge on any atom is -0.398 e. The van der Waals surface area contributed by atoms with Crippen LogP contribution in [0.2, 0.25) is 0 Å². The first-order valence-electron chi connectivity index (χ1n) is 4.78. The van der Waals surface area contributed by atoms with Gasteiger partial charge in [-0.1, -0.05) is 0 Å². The summed E-state index contributed by atoms with van der Waals surface area (Å²) in [5, 5.41) is 3.34. The first kappa shape index (κ1) is 8.51. The van der Waals surface area contributed by atoms with Gasteiger partial charge in [0.25, 0.3) is 0 Å².